The SMILES string of the molecule is NS(=O)(=O)NC(=O)CN(CCN(CCN(CC(=O)O)CC(=O)O)CC(=O)O)CC(=O)O. The number of nitrogens with two attached hydrogens (primary N) is 1. The van der Waals surface area contributed by atoms with Gasteiger partial charge in [0.15, 0.2) is 0 Å². The van der Waals surface area contributed by atoms with Crippen LogP contribution in [0.4, 0.5) is 0 Å². The monoisotopic (exact) mass is 471 g/mol. The Labute approximate surface area is 177 Å². The van der Waals surface area contributed by atoms with E-state index in [4.69, 9.17) is 20.4 Å². The fourth-order valence-corrected chi connectivity index (χ4v) is 2.80. The number of nitrogens with one attached hydrogen (secondary N) is 1. The van der Waals surface area contributed by atoms with Crippen molar-refractivity contribution >= 4 is 40.0 Å². The summed E-state index contributed by atoms with van der Waals surface area (Å²) in [5.41, 5.74) is 0. The number of rotatable bonds is 17. The van der Waals surface area contributed by atoms with Crippen LogP contribution in [0.1, 0.15) is 0 Å². The molecule has 0 unspecified atom stereocenters. The molecular weight excluding hydrogens is 446 g/mol. The number of hydrogen-bond acceptors (Lipinski definition) is 10. The number of aliphatic carboxylic acids is 4. The van der Waals surface area contributed by atoms with E-state index in [1.54, 1.807) is 0 Å². The van der Waals surface area contributed by atoms with Crippen LogP contribution in [-0.4, -0.2) is 132 Å². The molecule has 0 heterocycles. The molecule has 0 saturated heterocycles. The maximum atomic E-state index is 11.7. The molecule has 0 aliphatic carbocycles. The molecule has 0 aromatic rings. The minimum Gasteiger partial charge on any atom is -0.480 e. The fourth-order valence-electron chi connectivity index (χ4n) is 2.42. The van der Waals surface area contributed by atoms with Crippen molar-refractivity contribution in [1.82, 2.24) is 19.4 Å². The zero-order valence-electron chi connectivity index (χ0n) is 16.3. The Morgan fingerprint density at radius 1 is 0.613 bits per heavy atom. The van der Waals surface area contributed by atoms with Crippen molar-refractivity contribution in [3.05, 3.63) is 0 Å². The smallest absolute Gasteiger partial charge is 0.317 e. The summed E-state index contributed by atoms with van der Waals surface area (Å²) in [7, 11) is -4.35. The summed E-state index contributed by atoms with van der Waals surface area (Å²) >= 11 is 0. The van der Waals surface area contributed by atoms with E-state index in [-0.39, 0.29) is 26.2 Å². The first-order chi connectivity index (χ1) is 14.2. The number of carboxylic acids is 4. The number of carbonyl (C=O) groups is 5. The van der Waals surface area contributed by atoms with Crippen LogP contribution in [-0.2, 0) is 34.2 Å². The van der Waals surface area contributed by atoms with Gasteiger partial charge in [0.2, 0.25) is 5.91 Å². The molecule has 16 nitrogen and oxygen atoms in total. The summed E-state index contributed by atoms with van der Waals surface area (Å²) in [5.74, 6) is -6.23. The summed E-state index contributed by atoms with van der Waals surface area (Å²) < 4.78 is 23.2. The second-order valence-corrected chi connectivity index (χ2v) is 7.64. The maximum Gasteiger partial charge on any atom is 0.317 e. The molecular formula is C14H25N5O11S. The van der Waals surface area contributed by atoms with Crippen LogP contribution in [0.5, 0.6) is 0 Å². The zero-order chi connectivity index (χ0) is 24.2. The van der Waals surface area contributed by atoms with E-state index in [1.807, 2.05) is 0 Å². The van der Waals surface area contributed by atoms with Crippen molar-refractivity contribution in [1.29, 1.82) is 0 Å². The number of carbonyl (C=O) groups excluding carboxylic acids is 1. The number of carboxylic acid groups (broad SMARTS) is 4. The zero-order valence-corrected chi connectivity index (χ0v) is 17.2. The van der Waals surface area contributed by atoms with Crippen LogP contribution in [0.25, 0.3) is 0 Å². The largest absolute Gasteiger partial charge is 0.480 e. The normalized spacial score (nSPS) is 11.6. The highest BCUT2D eigenvalue weighted by atomic mass is 32.2. The van der Waals surface area contributed by atoms with Crippen LogP contribution in [0.2, 0.25) is 0 Å². The highest BCUT2D eigenvalue weighted by Crippen LogP contribution is 1.97. The first-order valence-electron chi connectivity index (χ1n) is 8.55. The van der Waals surface area contributed by atoms with Crippen LogP contribution >= 0.6 is 0 Å². The second kappa shape index (κ2) is 13.4. The number of hydrogen-bond donors (Lipinski definition) is 6. The van der Waals surface area contributed by atoms with Gasteiger partial charge < -0.3 is 20.4 Å². The molecule has 0 aliphatic rings. The van der Waals surface area contributed by atoms with Crippen molar-refractivity contribution < 1.29 is 52.8 Å². The molecule has 31 heavy (non-hydrogen) atoms. The fraction of sp³-hybridized carbons (Fsp3) is 0.643. The Hall–Kier alpha value is -2.86. The molecule has 0 spiro atoms. The Morgan fingerprint density at radius 2 is 0.903 bits per heavy atom. The molecule has 17 heteroatoms. The lowest BCUT2D eigenvalue weighted by Crippen LogP contribution is -2.47. The van der Waals surface area contributed by atoms with E-state index < -0.39 is 72.7 Å². The highest BCUT2D eigenvalue weighted by molar-refractivity contribution is 7.87. The van der Waals surface area contributed by atoms with Crippen LogP contribution in [0.3, 0.4) is 0 Å². The van der Waals surface area contributed by atoms with E-state index in [1.165, 1.54) is 9.62 Å². The van der Waals surface area contributed by atoms with Gasteiger partial charge in [0.25, 0.3) is 10.2 Å². The lowest BCUT2D eigenvalue weighted by molar-refractivity contribution is -0.143. The van der Waals surface area contributed by atoms with Gasteiger partial charge in [0, 0.05) is 26.2 Å². The van der Waals surface area contributed by atoms with Gasteiger partial charge in [-0.2, -0.15) is 8.42 Å². The molecule has 0 radical (unpaired) electrons. The highest BCUT2D eigenvalue weighted by Gasteiger charge is 2.20. The van der Waals surface area contributed by atoms with Crippen molar-refractivity contribution in [2.24, 2.45) is 5.14 Å². The first kappa shape index (κ1) is 28.1. The third-order valence-electron chi connectivity index (χ3n) is 3.52. The molecule has 0 aliphatic heterocycles. The average Bonchev–Trinajstić information content (AvgIpc) is 2.53. The van der Waals surface area contributed by atoms with E-state index in [9.17, 15) is 32.4 Å². The molecule has 7 N–H and O–H groups in total. The Bertz CT molecular complexity index is 757. The number of amides is 1. The van der Waals surface area contributed by atoms with Gasteiger partial charge in [0.05, 0.1) is 32.7 Å². The molecule has 1 amide bonds. The standard InChI is InChI=1S/C14H25N5O11S/c15-31(29,30)16-10(20)5-18(7-12(23)24)3-1-17(6-11(21)22)2-4-19(8-13(25)26)9-14(27)28/h1-9H2,(H,16,20)(H,21,22)(H,23,24)(H,25,26)(H,27,28)(H2,15,29,30). The number of nitrogens with zero attached hydrogens (tertiary/aromatic N) is 3. The molecule has 0 fully saturated rings. The maximum absolute atomic E-state index is 11.7. The van der Waals surface area contributed by atoms with Crippen LogP contribution in [0, 0.1) is 0 Å². The average molecular weight is 471 g/mol. The van der Waals surface area contributed by atoms with Crippen LogP contribution in [0.15, 0.2) is 0 Å². The Morgan fingerprint density at radius 3 is 1.23 bits per heavy atom. The van der Waals surface area contributed by atoms with Gasteiger partial charge in [-0.1, -0.05) is 0 Å². The molecule has 0 atom stereocenters. The van der Waals surface area contributed by atoms with Gasteiger partial charge >= 0.3 is 23.9 Å². The van der Waals surface area contributed by atoms with Gasteiger partial charge in [-0.25, -0.2) is 9.86 Å². The first-order valence-corrected chi connectivity index (χ1v) is 10.1. The van der Waals surface area contributed by atoms with Crippen molar-refractivity contribution in [3.63, 3.8) is 0 Å². The van der Waals surface area contributed by atoms with Gasteiger partial charge in [-0.05, 0) is 0 Å². The minimum atomic E-state index is -4.35. The van der Waals surface area contributed by atoms with E-state index in [0.717, 1.165) is 9.80 Å². The third-order valence-corrected chi connectivity index (χ3v) is 4.04. The molecule has 178 valence electrons. The van der Waals surface area contributed by atoms with E-state index in [2.05, 4.69) is 5.14 Å². The predicted octanol–water partition coefficient (Wildman–Crippen LogP) is -4.45. The van der Waals surface area contributed by atoms with Gasteiger partial charge in [-0.15, -0.1) is 0 Å². The lowest BCUT2D eigenvalue weighted by Gasteiger charge is -2.27. The lowest BCUT2D eigenvalue weighted by atomic mass is 10.3. The Kier molecular flexibility index (Phi) is 12.2. The molecule has 0 rings (SSSR count). The topological polar surface area (TPSA) is 248 Å². The minimum absolute atomic E-state index is 0.0723. The summed E-state index contributed by atoms with van der Waals surface area (Å²) in [6, 6.07) is 0. The molecule has 0 aromatic heterocycles. The van der Waals surface area contributed by atoms with Gasteiger partial charge in [0.1, 0.15) is 0 Å². The van der Waals surface area contributed by atoms with Gasteiger partial charge in [-0.3, -0.25) is 38.7 Å². The van der Waals surface area contributed by atoms with Crippen LogP contribution < -0.4 is 9.86 Å². The molecule has 0 saturated carbocycles. The van der Waals surface area contributed by atoms with Crippen molar-refractivity contribution in [2.45, 2.75) is 0 Å². The van der Waals surface area contributed by atoms with Crippen molar-refractivity contribution in [3.8, 4) is 0 Å². The third kappa shape index (κ3) is 16.6. The summed E-state index contributed by atoms with van der Waals surface area (Å²) in [5, 5.41) is 40.3. The molecule has 0 bridgehead atoms. The second-order valence-electron chi connectivity index (χ2n) is 6.34. The Balaban J connectivity index is 5.07. The van der Waals surface area contributed by atoms with Crippen molar-refractivity contribution in [2.75, 3.05) is 58.9 Å². The van der Waals surface area contributed by atoms with E-state index in [0.29, 0.717) is 0 Å². The predicted molar refractivity (Wildman–Crippen MR) is 101 cm³/mol. The molecule has 0 aromatic carbocycles. The quantitative estimate of drug-likeness (QED) is 0.117. The summed E-state index contributed by atoms with van der Waals surface area (Å²) in [6.07, 6.45) is 0. The summed E-state index contributed by atoms with van der Waals surface area (Å²) in [6.45, 7) is -3.49. The van der Waals surface area contributed by atoms with E-state index >= 15 is 0 Å². The summed E-state index contributed by atoms with van der Waals surface area (Å²) in [4.78, 5) is 58.8.